The van der Waals surface area contributed by atoms with Gasteiger partial charge in [0, 0.05) is 5.02 Å². The predicted octanol–water partition coefficient (Wildman–Crippen LogP) is 2.91. The van der Waals surface area contributed by atoms with Crippen molar-refractivity contribution in [2.45, 2.75) is 12.5 Å². The lowest BCUT2D eigenvalue weighted by molar-refractivity contribution is -0.131. The van der Waals surface area contributed by atoms with E-state index in [2.05, 4.69) is 5.32 Å². The van der Waals surface area contributed by atoms with E-state index in [9.17, 15) is 9.59 Å². The monoisotopic (exact) mass is 388 g/mol. The van der Waals surface area contributed by atoms with Crippen molar-refractivity contribution in [3.63, 3.8) is 0 Å². The van der Waals surface area contributed by atoms with Crippen LogP contribution in [-0.4, -0.2) is 36.8 Å². The van der Waals surface area contributed by atoms with Gasteiger partial charge in [-0.2, -0.15) is 0 Å². The maximum Gasteiger partial charge on any atom is 0.325 e. The standard InChI is InChI=1S/C19H17ClN2O5/c1-19(12-2-7-15-16(10-12)27-11-26-15)17(23)22(18(24)21-19)8-9-25-14-5-3-13(20)4-6-14/h2-7,10H,8-9,11H2,1H3,(H,21,24)/t19-/m0/s1. The summed E-state index contributed by atoms with van der Waals surface area (Å²) in [5.74, 6) is 1.45. The maximum absolute atomic E-state index is 12.9. The fraction of sp³-hybridized carbons (Fsp3) is 0.263. The molecule has 2 aromatic rings. The number of benzene rings is 2. The summed E-state index contributed by atoms with van der Waals surface area (Å²) < 4.78 is 16.2. The highest BCUT2D eigenvalue weighted by Crippen LogP contribution is 2.37. The van der Waals surface area contributed by atoms with Gasteiger partial charge in [-0.3, -0.25) is 9.69 Å². The first-order valence-electron chi connectivity index (χ1n) is 8.40. The van der Waals surface area contributed by atoms with E-state index in [0.717, 1.165) is 4.90 Å². The first-order chi connectivity index (χ1) is 13.0. The van der Waals surface area contributed by atoms with Crippen molar-refractivity contribution in [2.75, 3.05) is 19.9 Å². The quantitative estimate of drug-likeness (QED) is 0.797. The Morgan fingerprint density at radius 2 is 1.89 bits per heavy atom. The van der Waals surface area contributed by atoms with Crippen LogP contribution in [0.2, 0.25) is 5.02 Å². The molecule has 2 aliphatic rings. The molecule has 0 unspecified atom stereocenters. The third-order valence-corrected chi connectivity index (χ3v) is 4.87. The van der Waals surface area contributed by atoms with Gasteiger partial charge in [-0.1, -0.05) is 17.7 Å². The Morgan fingerprint density at radius 3 is 2.67 bits per heavy atom. The predicted molar refractivity (Wildman–Crippen MR) is 97.1 cm³/mol. The third kappa shape index (κ3) is 3.14. The minimum Gasteiger partial charge on any atom is -0.492 e. The van der Waals surface area contributed by atoms with Gasteiger partial charge in [0.2, 0.25) is 6.79 Å². The smallest absolute Gasteiger partial charge is 0.325 e. The number of carbonyl (C=O) groups is 2. The molecule has 2 aromatic carbocycles. The molecule has 3 amide bonds. The van der Waals surface area contributed by atoms with Crippen molar-refractivity contribution < 1.29 is 23.8 Å². The molecule has 140 valence electrons. The van der Waals surface area contributed by atoms with Crippen LogP contribution in [0.1, 0.15) is 12.5 Å². The van der Waals surface area contributed by atoms with E-state index in [4.69, 9.17) is 25.8 Å². The lowest BCUT2D eigenvalue weighted by Crippen LogP contribution is -2.41. The first-order valence-corrected chi connectivity index (χ1v) is 8.78. The zero-order valence-electron chi connectivity index (χ0n) is 14.5. The van der Waals surface area contributed by atoms with Gasteiger partial charge in [0.05, 0.1) is 6.54 Å². The van der Waals surface area contributed by atoms with E-state index in [1.807, 2.05) is 0 Å². The summed E-state index contributed by atoms with van der Waals surface area (Å²) in [6.45, 7) is 2.13. The average molecular weight is 389 g/mol. The molecule has 8 heteroatoms. The molecule has 0 aliphatic carbocycles. The number of nitrogens with one attached hydrogen (secondary N) is 1. The summed E-state index contributed by atoms with van der Waals surface area (Å²) in [6.07, 6.45) is 0. The van der Waals surface area contributed by atoms with Crippen molar-refractivity contribution in [1.82, 2.24) is 10.2 Å². The molecule has 2 heterocycles. The van der Waals surface area contributed by atoms with Crippen LogP contribution in [0.5, 0.6) is 17.2 Å². The highest BCUT2D eigenvalue weighted by atomic mass is 35.5. The number of carbonyl (C=O) groups excluding carboxylic acids is 2. The van der Waals surface area contributed by atoms with Crippen LogP contribution in [0.15, 0.2) is 42.5 Å². The van der Waals surface area contributed by atoms with Crippen LogP contribution in [0, 0.1) is 0 Å². The normalized spacial score (nSPS) is 20.7. The molecule has 27 heavy (non-hydrogen) atoms. The Hall–Kier alpha value is -2.93. The molecule has 1 fully saturated rings. The minimum absolute atomic E-state index is 0.132. The Balaban J connectivity index is 1.45. The molecule has 7 nitrogen and oxygen atoms in total. The van der Waals surface area contributed by atoms with Crippen molar-refractivity contribution in [1.29, 1.82) is 0 Å². The second-order valence-electron chi connectivity index (χ2n) is 6.38. The van der Waals surface area contributed by atoms with Gasteiger partial charge >= 0.3 is 6.03 Å². The topological polar surface area (TPSA) is 77.1 Å². The summed E-state index contributed by atoms with van der Waals surface area (Å²) >= 11 is 5.83. The second kappa shape index (κ2) is 6.66. The van der Waals surface area contributed by atoms with E-state index < -0.39 is 11.6 Å². The van der Waals surface area contributed by atoms with Crippen molar-refractivity contribution in [3.05, 3.63) is 53.1 Å². The van der Waals surface area contributed by atoms with Crippen molar-refractivity contribution in [2.24, 2.45) is 0 Å². The zero-order chi connectivity index (χ0) is 19.0. The molecular weight excluding hydrogens is 372 g/mol. The number of urea groups is 1. The lowest BCUT2D eigenvalue weighted by Gasteiger charge is -2.22. The molecule has 1 atom stereocenters. The summed E-state index contributed by atoms with van der Waals surface area (Å²) in [5.41, 5.74) is -0.538. The van der Waals surface area contributed by atoms with Gasteiger partial charge < -0.3 is 19.5 Å². The molecule has 1 N–H and O–H groups in total. The second-order valence-corrected chi connectivity index (χ2v) is 6.82. The lowest BCUT2D eigenvalue weighted by atomic mass is 9.91. The van der Waals surface area contributed by atoms with Crippen LogP contribution in [0.3, 0.4) is 0 Å². The van der Waals surface area contributed by atoms with Crippen molar-refractivity contribution in [3.8, 4) is 17.2 Å². The van der Waals surface area contributed by atoms with Gasteiger partial charge in [-0.05, 0) is 48.9 Å². The van der Waals surface area contributed by atoms with E-state index in [1.165, 1.54) is 0 Å². The summed E-state index contributed by atoms with van der Waals surface area (Å²) in [5, 5.41) is 3.37. The Bertz CT molecular complexity index is 901. The van der Waals surface area contributed by atoms with Crippen LogP contribution in [-0.2, 0) is 10.3 Å². The SMILES string of the molecule is C[C@@]1(c2ccc3c(c2)OCO3)NC(=O)N(CCOc2ccc(Cl)cc2)C1=O. The van der Waals surface area contributed by atoms with Gasteiger partial charge in [0.15, 0.2) is 11.5 Å². The largest absolute Gasteiger partial charge is 0.492 e. The Kier molecular flexibility index (Phi) is 4.31. The number of hydrogen-bond donors (Lipinski definition) is 1. The summed E-state index contributed by atoms with van der Waals surface area (Å²) in [4.78, 5) is 26.4. The summed E-state index contributed by atoms with van der Waals surface area (Å²) in [6, 6.07) is 11.6. The van der Waals surface area contributed by atoms with Crippen LogP contribution in [0.25, 0.3) is 0 Å². The van der Waals surface area contributed by atoms with E-state index in [0.29, 0.717) is 27.8 Å². The average Bonchev–Trinajstić information content (AvgIpc) is 3.21. The van der Waals surface area contributed by atoms with Gasteiger partial charge in [0.25, 0.3) is 5.91 Å². The molecule has 0 bridgehead atoms. The number of hydrogen-bond acceptors (Lipinski definition) is 5. The van der Waals surface area contributed by atoms with Crippen molar-refractivity contribution >= 4 is 23.5 Å². The molecule has 0 spiro atoms. The maximum atomic E-state index is 12.9. The molecule has 0 aromatic heterocycles. The van der Waals surface area contributed by atoms with Crippen LogP contribution in [0.4, 0.5) is 4.79 Å². The number of fused-ring (bicyclic) bond motifs is 1. The Morgan fingerprint density at radius 1 is 1.15 bits per heavy atom. The highest BCUT2D eigenvalue weighted by Gasteiger charge is 2.49. The highest BCUT2D eigenvalue weighted by molar-refractivity contribution is 6.30. The number of nitrogens with zero attached hydrogens (tertiary/aromatic N) is 1. The number of ether oxygens (including phenoxy) is 3. The number of rotatable bonds is 5. The van der Waals surface area contributed by atoms with Crippen LogP contribution < -0.4 is 19.5 Å². The van der Waals surface area contributed by atoms with Gasteiger partial charge in [-0.15, -0.1) is 0 Å². The number of halogens is 1. The first kappa shape index (κ1) is 17.5. The molecule has 4 rings (SSSR count). The Labute approximate surface area is 160 Å². The minimum atomic E-state index is -1.17. The molecule has 0 radical (unpaired) electrons. The number of imide groups is 1. The fourth-order valence-corrected chi connectivity index (χ4v) is 3.21. The van der Waals surface area contributed by atoms with Gasteiger partial charge in [0.1, 0.15) is 17.9 Å². The van der Waals surface area contributed by atoms with E-state index in [1.54, 1.807) is 49.4 Å². The molecule has 1 saturated heterocycles. The van der Waals surface area contributed by atoms with E-state index >= 15 is 0 Å². The molecule has 0 saturated carbocycles. The third-order valence-electron chi connectivity index (χ3n) is 4.62. The molecular formula is C19H17ClN2O5. The summed E-state index contributed by atoms with van der Waals surface area (Å²) in [7, 11) is 0. The van der Waals surface area contributed by atoms with Gasteiger partial charge in [-0.25, -0.2) is 4.79 Å². The molecule has 2 aliphatic heterocycles. The van der Waals surface area contributed by atoms with Crippen LogP contribution >= 0.6 is 11.6 Å². The van der Waals surface area contributed by atoms with E-state index in [-0.39, 0.29) is 25.9 Å². The fourth-order valence-electron chi connectivity index (χ4n) is 3.09. The number of amides is 3. The zero-order valence-corrected chi connectivity index (χ0v) is 15.3.